The van der Waals surface area contributed by atoms with Gasteiger partial charge in [0.1, 0.15) is 5.75 Å². The van der Waals surface area contributed by atoms with Crippen molar-refractivity contribution in [2.24, 2.45) is 5.92 Å². The van der Waals surface area contributed by atoms with Gasteiger partial charge in [0, 0.05) is 13.6 Å². The fraction of sp³-hybridized carbons (Fsp3) is 0.571. The van der Waals surface area contributed by atoms with Crippen molar-refractivity contribution in [3.05, 3.63) is 24.3 Å². The Hall–Kier alpha value is -1.11. The molecule has 0 radical (unpaired) electrons. The Morgan fingerprint density at radius 3 is 2.60 bits per heavy atom. The van der Waals surface area contributed by atoms with Crippen molar-refractivity contribution in [3.8, 4) is 5.75 Å². The summed E-state index contributed by atoms with van der Waals surface area (Å²) in [7, 11) is -0.205. The number of benzene rings is 1. The minimum Gasteiger partial charge on any atom is -0.497 e. The van der Waals surface area contributed by atoms with E-state index in [0.29, 0.717) is 23.1 Å². The number of hydrogen-bond donors (Lipinski definition) is 1. The predicted octanol–water partition coefficient (Wildman–Crippen LogP) is 1.32. The van der Waals surface area contributed by atoms with Crippen LogP contribution >= 0.6 is 0 Å². The van der Waals surface area contributed by atoms with Crippen LogP contribution < -0.4 is 10.1 Å². The molecule has 1 aliphatic heterocycles. The maximum absolute atomic E-state index is 12.5. The molecule has 1 saturated heterocycles. The van der Waals surface area contributed by atoms with Gasteiger partial charge in [-0.3, -0.25) is 0 Å². The van der Waals surface area contributed by atoms with Gasteiger partial charge in [-0.1, -0.05) is 0 Å². The van der Waals surface area contributed by atoms with E-state index < -0.39 is 10.0 Å². The van der Waals surface area contributed by atoms with E-state index in [9.17, 15) is 8.42 Å². The summed E-state index contributed by atoms with van der Waals surface area (Å²) < 4.78 is 31.4. The highest BCUT2D eigenvalue weighted by atomic mass is 32.2. The first-order chi connectivity index (χ1) is 9.54. The molecule has 5 nitrogen and oxygen atoms in total. The minimum atomic E-state index is -3.41. The number of nitrogens with one attached hydrogen (secondary N) is 1. The van der Waals surface area contributed by atoms with E-state index >= 15 is 0 Å². The van der Waals surface area contributed by atoms with E-state index in [1.54, 1.807) is 38.4 Å². The molecule has 1 heterocycles. The molecule has 1 aromatic rings. The van der Waals surface area contributed by atoms with Gasteiger partial charge in [0.2, 0.25) is 10.0 Å². The molecule has 1 aliphatic rings. The second kappa shape index (κ2) is 6.56. The summed E-state index contributed by atoms with van der Waals surface area (Å²) in [4.78, 5) is 0.310. The smallest absolute Gasteiger partial charge is 0.242 e. The number of ether oxygens (including phenoxy) is 1. The number of piperidine rings is 1. The van der Waals surface area contributed by atoms with Gasteiger partial charge < -0.3 is 10.1 Å². The third kappa shape index (κ3) is 3.50. The third-order valence-electron chi connectivity index (χ3n) is 3.68. The highest BCUT2D eigenvalue weighted by Gasteiger charge is 2.24. The van der Waals surface area contributed by atoms with Gasteiger partial charge in [-0.05, 0) is 56.1 Å². The summed E-state index contributed by atoms with van der Waals surface area (Å²) in [6, 6.07) is 6.51. The zero-order chi connectivity index (χ0) is 14.6. The molecule has 2 rings (SSSR count). The second-order valence-electron chi connectivity index (χ2n) is 5.17. The number of rotatable bonds is 5. The first-order valence-electron chi connectivity index (χ1n) is 6.85. The molecule has 0 spiro atoms. The molecule has 1 atom stereocenters. The van der Waals surface area contributed by atoms with Gasteiger partial charge >= 0.3 is 0 Å². The molecule has 1 unspecified atom stereocenters. The molecule has 1 aromatic carbocycles. The molecular formula is C14H22N2O3S. The summed E-state index contributed by atoms with van der Waals surface area (Å²) in [5.41, 5.74) is 0. The highest BCUT2D eigenvalue weighted by Crippen LogP contribution is 2.20. The Balaban J connectivity index is 2.07. The molecule has 1 N–H and O–H groups in total. The first kappa shape index (κ1) is 15.3. The van der Waals surface area contributed by atoms with Crippen molar-refractivity contribution in [1.29, 1.82) is 0 Å². The average molecular weight is 298 g/mol. The van der Waals surface area contributed by atoms with Crippen LogP contribution in [-0.4, -0.2) is 46.5 Å². The molecule has 0 bridgehead atoms. The van der Waals surface area contributed by atoms with Crippen molar-refractivity contribution in [3.63, 3.8) is 0 Å². The van der Waals surface area contributed by atoms with Crippen LogP contribution in [0, 0.1) is 5.92 Å². The van der Waals surface area contributed by atoms with Crippen LogP contribution in [0.25, 0.3) is 0 Å². The first-order valence-corrected chi connectivity index (χ1v) is 8.29. The average Bonchev–Trinajstić information content (AvgIpc) is 2.48. The van der Waals surface area contributed by atoms with Crippen LogP contribution in [-0.2, 0) is 10.0 Å². The van der Waals surface area contributed by atoms with Crippen molar-refractivity contribution in [2.45, 2.75) is 17.7 Å². The molecule has 0 aliphatic carbocycles. The fourth-order valence-corrected chi connectivity index (χ4v) is 3.72. The maximum Gasteiger partial charge on any atom is 0.242 e. The predicted molar refractivity (Wildman–Crippen MR) is 78.4 cm³/mol. The van der Waals surface area contributed by atoms with E-state index in [0.717, 1.165) is 25.9 Å². The number of nitrogens with zero attached hydrogens (tertiary/aromatic N) is 1. The Bertz CT molecular complexity index is 522. The van der Waals surface area contributed by atoms with Crippen molar-refractivity contribution >= 4 is 10.0 Å². The molecule has 20 heavy (non-hydrogen) atoms. The number of hydrogen-bond acceptors (Lipinski definition) is 4. The van der Waals surface area contributed by atoms with Crippen molar-refractivity contribution < 1.29 is 13.2 Å². The summed E-state index contributed by atoms with van der Waals surface area (Å²) in [6.07, 6.45) is 2.19. The topological polar surface area (TPSA) is 58.6 Å². The quantitative estimate of drug-likeness (QED) is 0.890. The summed E-state index contributed by atoms with van der Waals surface area (Å²) in [6.45, 7) is 2.48. The van der Waals surface area contributed by atoms with Gasteiger partial charge in [0.05, 0.1) is 12.0 Å². The maximum atomic E-state index is 12.5. The Morgan fingerprint density at radius 2 is 2.05 bits per heavy atom. The second-order valence-corrected chi connectivity index (χ2v) is 7.22. The van der Waals surface area contributed by atoms with Gasteiger partial charge in [-0.25, -0.2) is 12.7 Å². The van der Waals surface area contributed by atoms with Crippen LogP contribution in [0.1, 0.15) is 12.8 Å². The van der Waals surface area contributed by atoms with Gasteiger partial charge in [0.15, 0.2) is 0 Å². The van der Waals surface area contributed by atoms with Crippen LogP contribution in [0.2, 0.25) is 0 Å². The monoisotopic (exact) mass is 298 g/mol. The largest absolute Gasteiger partial charge is 0.497 e. The summed E-state index contributed by atoms with van der Waals surface area (Å²) in [5, 5.41) is 3.31. The molecular weight excluding hydrogens is 276 g/mol. The number of methoxy groups -OCH3 is 1. The molecule has 112 valence electrons. The zero-order valence-electron chi connectivity index (χ0n) is 12.0. The standard InChI is InChI=1S/C14H22N2O3S/c1-16(11-12-4-3-9-15-10-12)20(17,18)14-7-5-13(19-2)6-8-14/h5-8,12,15H,3-4,9-11H2,1-2H3. The van der Waals surface area contributed by atoms with Crippen molar-refractivity contribution in [1.82, 2.24) is 9.62 Å². The molecule has 1 fully saturated rings. The van der Waals surface area contributed by atoms with E-state index in [1.807, 2.05) is 0 Å². The molecule has 6 heteroatoms. The minimum absolute atomic E-state index is 0.310. The van der Waals surface area contributed by atoms with E-state index in [2.05, 4.69) is 5.32 Å². The summed E-state index contributed by atoms with van der Waals surface area (Å²) >= 11 is 0. The van der Waals surface area contributed by atoms with E-state index in [4.69, 9.17) is 4.74 Å². The van der Waals surface area contributed by atoms with E-state index in [-0.39, 0.29) is 0 Å². The molecule has 0 saturated carbocycles. The highest BCUT2D eigenvalue weighted by molar-refractivity contribution is 7.89. The lowest BCUT2D eigenvalue weighted by molar-refractivity contribution is 0.315. The third-order valence-corrected chi connectivity index (χ3v) is 5.52. The lowest BCUT2D eigenvalue weighted by Crippen LogP contribution is -2.39. The normalized spacial score (nSPS) is 20.1. The van der Waals surface area contributed by atoms with Crippen LogP contribution in [0.4, 0.5) is 0 Å². The van der Waals surface area contributed by atoms with E-state index in [1.165, 1.54) is 4.31 Å². The van der Waals surface area contributed by atoms with Crippen LogP contribution in [0.3, 0.4) is 0 Å². The Morgan fingerprint density at radius 1 is 1.35 bits per heavy atom. The molecule has 0 amide bonds. The lowest BCUT2D eigenvalue weighted by atomic mass is 10.00. The Kier molecular flexibility index (Phi) is 5.01. The number of sulfonamides is 1. The van der Waals surface area contributed by atoms with Crippen molar-refractivity contribution in [2.75, 3.05) is 33.8 Å². The van der Waals surface area contributed by atoms with Crippen LogP contribution in [0.15, 0.2) is 29.2 Å². The lowest BCUT2D eigenvalue weighted by Gasteiger charge is -2.27. The van der Waals surface area contributed by atoms with Gasteiger partial charge in [0.25, 0.3) is 0 Å². The van der Waals surface area contributed by atoms with Crippen LogP contribution in [0.5, 0.6) is 5.75 Å². The Labute approximate surface area is 121 Å². The van der Waals surface area contributed by atoms with Gasteiger partial charge in [-0.2, -0.15) is 0 Å². The van der Waals surface area contributed by atoms with Gasteiger partial charge in [-0.15, -0.1) is 0 Å². The SMILES string of the molecule is COc1ccc(S(=O)(=O)N(C)CC2CCCNC2)cc1. The fourth-order valence-electron chi connectivity index (χ4n) is 2.47. The molecule has 0 aromatic heterocycles. The summed E-state index contributed by atoms with van der Waals surface area (Å²) in [5.74, 6) is 1.05. The zero-order valence-corrected chi connectivity index (χ0v) is 12.8.